The number of esters is 1. The van der Waals surface area contributed by atoms with Crippen molar-refractivity contribution in [2.75, 3.05) is 0 Å². The molecule has 0 unspecified atom stereocenters. The minimum absolute atomic E-state index is 0.0137. The van der Waals surface area contributed by atoms with E-state index in [1.54, 1.807) is 0 Å². The predicted octanol–water partition coefficient (Wildman–Crippen LogP) is 2.09. The third kappa shape index (κ3) is 0.882. The van der Waals surface area contributed by atoms with E-state index < -0.39 is 0 Å². The fourth-order valence-electron chi connectivity index (χ4n) is 2.19. The summed E-state index contributed by atoms with van der Waals surface area (Å²) < 4.78 is 5.28. The predicted molar refractivity (Wildman–Crippen MR) is 51.4 cm³/mol. The normalized spacial score (nSPS) is 33.9. The summed E-state index contributed by atoms with van der Waals surface area (Å²) in [6.45, 7) is 3.88. The molecule has 0 N–H and O–H groups in total. The minimum Gasteiger partial charge on any atom is -0.456 e. The highest BCUT2D eigenvalue weighted by Gasteiger charge is 2.60. The highest BCUT2D eigenvalue weighted by Crippen LogP contribution is 2.59. The Morgan fingerprint density at radius 3 is 2.50 bits per heavy atom. The van der Waals surface area contributed by atoms with Gasteiger partial charge in [0.1, 0.15) is 6.10 Å². The molecule has 0 aromatic heterocycles. The maximum atomic E-state index is 11.3. The lowest BCUT2D eigenvalue weighted by Crippen LogP contribution is -2.05. The lowest BCUT2D eigenvalue weighted by molar-refractivity contribution is -0.144. The third-order valence-electron chi connectivity index (χ3n) is 3.03. The largest absolute Gasteiger partial charge is 0.456 e. The minimum atomic E-state index is -0.103. The van der Waals surface area contributed by atoms with Crippen LogP contribution in [0.2, 0.25) is 0 Å². The standard InChI is InChI=1S/C12H10O2/c1-7-9-10(7)12(13)14-11(9)8-5-3-2-4-6-8/h2-6,9-11H,1H2/t9-,10+,11+/m0/s1. The molecule has 0 radical (unpaired) electrons. The fourth-order valence-corrected chi connectivity index (χ4v) is 2.19. The molecule has 2 nitrogen and oxygen atoms in total. The summed E-state index contributed by atoms with van der Waals surface area (Å²) in [5.74, 6) is 0.124. The molecule has 3 rings (SSSR count). The zero-order chi connectivity index (χ0) is 9.71. The molecule has 2 fully saturated rings. The van der Waals surface area contributed by atoms with Gasteiger partial charge in [-0.3, -0.25) is 4.79 Å². The number of carbonyl (C=O) groups excluding carboxylic acids is 1. The van der Waals surface area contributed by atoms with E-state index >= 15 is 0 Å². The molecule has 0 bridgehead atoms. The summed E-state index contributed by atoms with van der Waals surface area (Å²) in [4.78, 5) is 11.3. The Morgan fingerprint density at radius 2 is 1.93 bits per heavy atom. The second kappa shape index (κ2) is 2.47. The van der Waals surface area contributed by atoms with E-state index in [9.17, 15) is 4.79 Å². The van der Waals surface area contributed by atoms with Gasteiger partial charge in [-0.2, -0.15) is 0 Å². The summed E-state index contributed by atoms with van der Waals surface area (Å²) >= 11 is 0. The molecule has 1 heterocycles. The number of fused-ring (bicyclic) bond motifs is 1. The first-order valence-electron chi connectivity index (χ1n) is 4.73. The van der Waals surface area contributed by atoms with Gasteiger partial charge in [0.05, 0.1) is 5.92 Å². The van der Waals surface area contributed by atoms with Gasteiger partial charge >= 0.3 is 5.97 Å². The third-order valence-corrected chi connectivity index (χ3v) is 3.03. The van der Waals surface area contributed by atoms with Crippen LogP contribution in [0.3, 0.4) is 0 Å². The molecule has 3 atom stereocenters. The number of hydrogen-bond donors (Lipinski definition) is 0. The molecule has 1 aliphatic heterocycles. The van der Waals surface area contributed by atoms with Gasteiger partial charge in [-0.05, 0) is 5.56 Å². The van der Waals surface area contributed by atoms with E-state index in [0.29, 0.717) is 0 Å². The summed E-state index contributed by atoms with van der Waals surface area (Å²) in [6.07, 6.45) is -0.0822. The lowest BCUT2D eigenvalue weighted by atomic mass is 10.1. The van der Waals surface area contributed by atoms with Crippen LogP contribution in [0.15, 0.2) is 42.5 Å². The number of ether oxygens (including phenoxy) is 1. The number of cyclic esters (lactones) is 1. The van der Waals surface area contributed by atoms with Crippen LogP contribution in [0.25, 0.3) is 0 Å². The molecule has 1 aromatic carbocycles. The van der Waals surface area contributed by atoms with E-state index in [1.165, 1.54) is 0 Å². The Hall–Kier alpha value is -1.57. The van der Waals surface area contributed by atoms with E-state index in [-0.39, 0.29) is 23.9 Å². The number of benzene rings is 1. The van der Waals surface area contributed by atoms with Crippen molar-refractivity contribution >= 4 is 5.97 Å². The number of rotatable bonds is 1. The van der Waals surface area contributed by atoms with Crippen LogP contribution in [0, 0.1) is 11.8 Å². The Bertz CT molecular complexity index is 408. The Labute approximate surface area is 82.2 Å². The summed E-state index contributed by atoms with van der Waals surface area (Å²) in [5.41, 5.74) is 2.11. The van der Waals surface area contributed by atoms with Gasteiger partial charge in [0.25, 0.3) is 0 Å². The van der Waals surface area contributed by atoms with Crippen molar-refractivity contribution in [3.63, 3.8) is 0 Å². The molecule has 70 valence electrons. The van der Waals surface area contributed by atoms with Crippen molar-refractivity contribution in [1.29, 1.82) is 0 Å². The average molecular weight is 186 g/mol. The quantitative estimate of drug-likeness (QED) is 0.496. The number of hydrogen-bond acceptors (Lipinski definition) is 2. The van der Waals surface area contributed by atoms with E-state index in [4.69, 9.17) is 4.74 Å². The van der Waals surface area contributed by atoms with Crippen molar-refractivity contribution < 1.29 is 9.53 Å². The maximum absolute atomic E-state index is 11.3. The Balaban J connectivity index is 1.95. The second-order valence-electron chi connectivity index (χ2n) is 3.85. The second-order valence-corrected chi connectivity index (χ2v) is 3.85. The summed E-state index contributed by atoms with van der Waals surface area (Å²) in [6, 6.07) is 9.86. The molecule has 2 aliphatic rings. The van der Waals surface area contributed by atoms with Crippen LogP contribution in [-0.2, 0) is 9.53 Å². The fraction of sp³-hybridized carbons (Fsp3) is 0.250. The molecule has 1 aromatic rings. The highest BCUT2D eigenvalue weighted by molar-refractivity contribution is 5.85. The SMILES string of the molecule is C=C1[C@H]2C(=O)O[C@H](c3ccccc3)[C@@H]12. The molecule has 1 saturated heterocycles. The first-order valence-corrected chi connectivity index (χ1v) is 4.73. The Kier molecular flexibility index (Phi) is 1.38. The molecule has 2 heteroatoms. The van der Waals surface area contributed by atoms with Gasteiger partial charge in [-0.15, -0.1) is 0 Å². The van der Waals surface area contributed by atoms with Gasteiger partial charge in [-0.1, -0.05) is 42.5 Å². The van der Waals surface area contributed by atoms with Crippen molar-refractivity contribution in [3.8, 4) is 0 Å². The molecule has 1 saturated carbocycles. The zero-order valence-electron chi connectivity index (χ0n) is 7.64. The van der Waals surface area contributed by atoms with Crippen LogP contribution < -0.4 is 0 Å². The Morgan fingerprint density at radius 1 is 1.21 bits per heavy atom. The average Bonchev–Trinajstić information content (AvgIpc) is 2.72. The van der Waals surface area contributed by atoms with Crippen LogP contribution in [-0.4, -0.2) is 5.97 Å². The van der Waals surface area contributed by atoms with Crippen molar-refractivity contribution in [2.24, 2.45) is 11.8 Å². The first kappa shape index (κ1) is 7.80. The molecular weight excluding hydrogens is 176 g/mol. The monoisotopic (exact) mass is 186 g/mol. The van der Waals surface area contributed by atoms with Crippen molar-refractivity contribution in [1.82, 2.24) is 0 Å². The van der Waals surface area contributed by atoms with Crippen molar-refractivity contribution in [3.05, 3.63) is 48.0 Å². The van der Waals surface area contributed by atoms with Gasteiger partial charge in [0, 0.05) is 5.92 Å². The van der Waals surface area contributed by atoms with E-state index in [0.717, 1.165) is 11.1 Å². The highest BCUT2D eigenvalue weighted by atomic mass is 16.6. The van der Waals surface area contributed by atoms with Gasteiger partial charge < -0.3 is 4.74 Å². The van der Waals surface area contributed by atoms with Crippen LogP contribution in [0.5, 0.6) is 0 Å². The van der Waals surface area contributed by atoms with E-state index in [2.05, 4.69) is 6.58 Å². The zero-order valence-corrected chi connectivity index (χ0v) is 7.64. The molecule has 0 amide bonds. The van der Waals surface area contributed by atoms with Crippen LogP contribution in [0.4, 0.5) is 0 Å². The first-order chi connectivity index (χ1) is 6.79. The molecule has 1 aliphatic carbocycles. The van der Waals surface area contributed by atoms with Gasteiger partial charge in [0.15, 0.2) is 0 Å². The van der Waals surface area contributed by atoms with Gasteiger partial charge in [-0.25, -0.2) is 0 Å². The number of carbonyl (C=O) groups is 1. The summed E-state index contributed by atoms with van der Waals surface area (Å²) in [5, 5.41) is 0. The summed E-state index contributed by atoms with van der Waals surface area (Å²) in [7, 11) is 0. The smallest absolute Gasteiger partial charge is 0.314 e. The van der Waals surface area contributed by atoms with Crippen LogP contribution in [0.1, 0.15) is 11.7 Å². The van der Waals surface area contributed by atoms with Crippen LogP contribution >= 0.6 is 0 Å². The van der Waals surface area contributed by atoms with Gasteiger partial charge in [0.2, 0.25) is 0 Å². The lowest BCUT2D eigenvalue weighted by Gasteiger charge is -2.12. The van der Waals surface area contributed by atoms with Crippen molar-refractivity contribution in [2.45, 2.75) is 6.10 Å². The maximum Gasteiger partial charge on any atom is 0.314 e. The molecule has 14 heavy (non-hydrogen) atoms. The molecule has 0 spiro atoms. The topological polar surface area (TPSA) is 26.3 Å². The molecular formula is C12H10O2. The van der Waals surface area contributed by atoms with E-state index in [1.807, 2.05) is 30.3 Å².